The van der Waals surface area contributed by atoms with Crippen molar-refractivity contribution in [1.82, 2.24) is 14.9 Å². The van der Waals surface area contributed by atoms with Gasteiger partial charge in [-0.3, -0.25) is 4.79 Å². The molecule has 3 rings (SSSR count). The maximum Gasteiger partial charge on any atom is 0.240 e. The molecule has 0 bridgehead atoms. The molecule has 8 nitrogen and oxygen atoms in total. The van der Waals surface area contributed by atoms with Crippen molar-refractivity contribution in [2.24, 2.45) is 0 Å². The van der Waals surface area contributed by atoms with Crippen LogP contribution in [-0.4, -0.2) is 75.4 Å². The molecule has 2 fully saturated rings. The number of likely N-dealkylation sites (tertiary alicyclic amines) is 1. The Bertz CT molecular complexity index is 809. The van der Waals surface area contributed by atoms with Gasteiger partial charge in [-0.2, -0.15) is 0 Å². The minimum absolute atomic E-state index is 0.0719. The summed E-state index contributed by atoms with van der Waals surface area (Å²) < 4.78 is 33.9. The van der Waals surface area contributed by atoms with Crippen molar-refractivity contribution in [1.29, 1.82) is 0 Å². The van der Waals surface area contributed by atoms with E-state index in [4.69, 9.17) is 4.74 Å². The maximum absolute atomic E-state index is 12.7. The van der Waals surface area contributed by atoms with Crippen molar-refractivity contribution < 1.29 is 23.1 Å². The van der Waals surface area contributed by atoms with Gasteiger partial charge in [0.25, 0.3) is 0 Å². The van der Waals surface area contributed by atoms with Gasteiger partial charge in [-0.05, 0) is 57.8 Å². The number of ether oxygens (including phenoxy) is 1. The Morgan fingerprint density at radius 1 is 1.16 bits per heavy atom. The third-order valence-corrected chi connectivity index (χ3v) is 7.55. The smallest absolute Gasteiger partial charge is 0.240 e. The number of hydrogen-bond acceptors (Lipinski definition) is 6. The Morgan fingerprint density at radius 3 is 2.55 bits per heavy atom. The second kappa shape index (κ2) is 11.4. The van der Waals surface area contributed by atoms with E-state index >= 15 is 0 Å². The van der Waals surface area contributed by atoms with Gasteiger partial charge in [0.15, 0.2) is 0 Å². The summed E-state index contributed by atoms with van der Waals surface area (Å²) >= 11 is 0. The molecule has 174 valence electrons. The molecule has 2 heterocycles. The third-order valence-electron chi connectivity index (χ3n) is 6.05. The largest absolute Gasteiger partial charge is 0.394 e. The molecular formula is C22H35N3O5S. The normalized spacial score (nSPS) is 25.3. The van der Waals surface area contributed by atoms with Crippen LogP contribution in [-0.2, 0) is 19.6 Å². The number of rotatable bonds is 9. The first kappa shape index (κ1) is 24.1. The summed E-state index contributed by atoms with van der Waals surface area (Å²) in [5.41, 5.74) is 0.977. The van der Waals surface area contributed by atoms with Gasteiger partial charge in [0, 0.05) is 13.1 Å². The summed E-state index contributed by atoms with van der Waals surface area (Å²) in [4.78, 5) is 14.8. The molecule has 3 N–H and O–H groups in total. The number of carbonyl (C=O) groups excluding carboxylic acids is 1. The van der Waals surface area contributed by atoms with E-state index in [-0.39, 0.29) is 29.9 Å². The number of amides is 1. The third kappa shape index (κ3) is 7.25. The lowest BCUT2D eigenvalue weighted by molar-refractivity contribution is -0.130. The van der Waals surface area contributed by atoms with Crippen LogP contribution < -0.4 is 10.0 Å². The number of aliphatic hydroxyl groups is 1. The lowest BCUT2D eigenvalue weighted by Crippen LogP contribution is -2.51. The number of benzene rings is 1. The number of piperidine rings is 1. The first-order valence-electron chi connectivity index (χ1n) is 11.2. The van der Waals surface area contributed by atoms with Crippen LogP contribution in [0.5, 0.6) is 0 Å². The Hall–Kier alpha value is -1.52. The molecule has 0 saturated carbocycles. The monoisotopic (exact) mass is 453 g/mol. The fraction of sp³-hybridized carbons (Fsp3) is 0.682. The molecule has 0 aromatic heterocycles. The Balaban J connectivity index is 1.45. The van der Waals surface area contributed by atoms with Gasteiger partial charge in [0.1, 0.15) is 0 Å². The lowest BCUT2D eigenvalue weighted by Gasteiger charge is -2.35. The molecule has 0 radical (unpaired) electrons. The van der Waals surface area contributed by atoms with Gasteiger partial charge in [-0.1, -0.05) is 24.1 Å². The minimum atomic E-state index is -3.71. The van der Waals surface area contributed by atoms with Crippen molar-refractivity contribution in [2.75, 3.05) is 32.8 Å². The molecule has 0 spiro atoms. The summed E-state index contributed by atoms with van der Waals surface area (Å²) in [6.07, 6.45) is 4.00. The predicted molar refractivity (Wildman–Crippen MR) is 118 cm³/mol. The number of aryl methyl sites for hydroxylation is 1. The maximum atomic E-state index is 12.7. The topological polar surface area (TPSA) is 108 Å². The van der Waals surface area contributed by atoms with Crippen molar-refractivity contribution in [3.63, 3.8) is 0 Å². The van der Waals surface area contributed by atoms with Crippen LogP contribution in [0.15, 0.2) is 29.2 Å². The number of aliphatic hydroxyl groups excluding tert-OH is 1. The van der Waals surface area contributed by atoms with Crippen LogP contribution in [0.3, 0.4) is 0 Å². The number of nitrogens with one attached hydrogen (secondary N) is 2. The number of nitrogens with zero attached hydrogens (tertiary/aromatic N) is 1. The van der Waals surface area contributed by atoms with Crippen LogP contribution in [0.1, 0.15) is 44.1 Å². The van der Waals surface area contributed by atoms with Crippen molar-refractivity contribution >= 4 is 15.9 Å². The molecule has 1 aromatic carbocycles. The number of hydrogen-bond donors (Lipinski definition) is 3. The molecule has 1 amide bonds. The van der Waals surface area contributed by atoms with Gasteiger partial charge in [0.05, 0.1) is 36.2 Å². The Morgan fingerprint density at radius 2 is 1.87 bits per heavy atom. The SMILES string of the molecule is Cc1ccc(S(=O)(=O)N[C@H]2CC[C@H](CC(=O)NCCN3CCCCC3)O[C@@H]2CO)cc1. The van der Waals surface area contributed by atoms with E-state index in [2.05, 4.69) is 14.9 Å². The van der Waals surface area contributed by atoms with E-state index in [1.54, 1.807) is 24.3 Å². The zero-order valence-corrected chi connectivity index (χ0v) is 19.1. The van der Waals surface area contributed by atoms with Crippen LogP contribution in [0.2, 0.25) is 0 Å². The average Bonchev–Trinajstić information content (AvgIpc) is 2.75. The van der Waals surface area contributed by atoms with Crippen LogP contribution in [0, 0.1) is 6.92 Å². The van der Waals surface area contributed by atoms with E-state index in [1.807, 2.05) is 6.92 Å². The molecule has 9 heteroatoms. The fourth-order valence-corrected chi connectivity index (χ4v) is 5.52. The van der Waals surface area contributed by atoms with E-state index in [9.17, 15) is 18.3 Å². The summed E-state index contributed by atoms with van der Waals surface area (Å²) in [7, 11) is -3.71. The highest BCUT2D eigenvalue weighted by Crippen LogP contribution is 2.23. The zero-order valence-electron chi connectivity index (χ0n) is 18.3. The fourth-order valence-electron chi connectivity index (χ4n) is 4.22. The Kier molecular flexibility index (Phi) is 8.85. The first-order valence-corrected chi connectivity index (χ1v) is 12.7. The highest BCUT2D eigenvalue weighted by Gasteiger charge is 2.34. The molecule has 1 aromatic rings. The zero-order chi connectivity index (χ0) is 22.3. The van der Waals surface area contributed by atoms with Gasteiger partial charge in [-0.25, -0.2) is 13.1 Å². The second-order valence-electron chi connectivity index (χ2n) is 8.55. The van der Waals surface area contributed by atoms with Crippen LogP contribution in [0.25, 0.3) is 0 Å². The van der Waals surface area contributed by atoms with Crippen molar-refractivity contribution in [3.8, 4) is 0 Å². The lowest BCUT2D eigenvalue weighted by atomic mass is 9.98. The van der Waals surface area contributed by atoms with Gasteiger partial charge >= 0.3 is 0 Å². The first-order chi connectivity index (χ1) is 14.9. The van der Waals surface area contributed by atoms with E-state index in [1.165, 1.54) is 19.3 Å². The van der Waals surface area contributed by atoms with E-state index in [0.29, 0.717) is 19.4 Å². The summed E-state index contributed by atoms with van der Waals surface area (Å²) in [6.45, 7) is 5.26. The standard InChI is InChI=1S/C22H35N3O5S/c1-17-5-8-19(9-6-17)31(28,29)24-20-10-7-18(30-21(20)16-26)15-22(27)23-11-14-25-12-3-2-4-13-25/h5-6,8-9,18,20-21,24,26H,2-4,7,10-16H2,1H3,(H,23,27)/t18-,20+,21-/m1/s1. The quantitative estimate of drug-likeness (QED) is 0.518. The highest BCUT2D eigenvalue weighted by atomic mass is 32.2. The molecule has 2 aliphatic rings. The van der Waals surface area contributed by atoms with Crippen LogP contribution >= 0.6 is 0 Å². The van der Waals surface area contributed by atoms with E-state index < -0.39 is 22.2 Å². The molecule has 2 aliphatic heterocycles. The molecule has 3 atom stereocenters. The molecular weight excluding hydrogens is 418 g/mol. The van der Waals surface area contributed by atoms with Gasteiger partial charge in [-0.15, -0.1) is 0 Å². The predicted octanol–water partition coefficient (Wildman–Crippen LogP) is 1.17. The summed E-state index contributed by atoms with van der Waals surface area (Å²) in [5.74, 6) is -0.0719. The minimum Gasteiger partial charge on any atom is -0.394 e. The van der Waals surface area contributed by atoms with Crippen molar-refractivity contribution in [3.05, 3.63) is 29.8 Å². The molecule has 31 heavy (non-hydrogen) atoms. The average molecular weight is 454 g/mol. The van der Waals surface area contributed by atoms with Gasteiger partial charge in [0.2, 0.25) is 15.9 Å². The summed E-state index contributed by atoms with van der Waals surface area (Å²) in [5, 5.41) is 12.7. The molecule has 0 unspecified atom stereocenters. The highest BCUT2D eigenvalue weighted by molar-refractivity contribution is 7.89. The van der Waals surface area contributed by atoms with Crippen LogP contribution in [0.4, 0.5) is 0 Å². The Labute approximate surface area is 185 Å². The van der Waals surface area contributed by atoms with Crippen molar-refractivity contribution in [2.45, 2.75) is 68.6 Å². The number of sulfonamides is 1. The summed E-state index contributed by atoms with van der Waals surface area (Å²) in [6, 6.07) is 6.08. The van der Waals surface area contributed by atoms with E-state index in [0.717, 1.165) is 25.2 Å². The number of carbonyl (C=O) groups is 1. The molecule has 2 saturated heterocycles. The second-order valence-corrected chi connectivity index (χ2v) is 10.3. The van der Waals surface area contributed by atoms with Gasteiger partial charge < -0.3 is 20.1 Å². The molecule has 0 aliphatic carbocycles.